The molecule has 68 valence electrons. The smallest absolute Gasteiger partial charge is 0.326 e. The van der Waals surface area contributed by atoms with Gasteiger partial charge >= 0.3 is 7.82 Å². The lowest BCUT2D eigenvalue weighted by atomic mass is 10.2. The van der Waals surface area contributed by atoms with Crippen LogP contribution in [0.15, 0.2) is 0 Å². The monoisotopic (exact) mass is 183 g/mol. The van der Waals surface area contributed by atoms with Crippen LogP contribution in [0.25, 0.3) is 0 Å². The summed E-state index contributed by atoms with van der Waals surface area (Å²) < 4.78 is 14.3. The molecule has 0 aromatic heterocycles. The Morgan fingerprint density at radius 3 is 2.55 bits per heavy atom. The second kappa shape index (κ2) is 4.85. The molecule has 0 rings (SSSR count). The largest absolute Gasteiger partial charge is 0.469 e. The Balaban J connectivity index is 3.46. The van der Waals surface area contributed by atoms with Gasteiger partial charge in [-0.15, -0.1) is 0 Å². The summed E-state index contributed by atoms with van der Waals surface area (Å²) in [5.41, 5.74) is 5.42. The van der Waals surface area contributed by atoms with Crippen molar-refractivity contribution in [2.75, 3.05) is 6.61 Å². The van der Waals surface area contributed by atoms with Crippen LogP contribution < -0.4 is 5.73 Å². The van der Waals surface area contributed by atoms with Crippen LogP contribution >= 0.6 is 7.82 Å². The molecule has 1 atom stereocenters. The molecule has 11 heavy (non-hydrogen) atoms. The molecule has 0 aliphatic rings. The minimum absolute atomic E-state index is 0.0852. The fourth-order valence-corrected chi connectivity index (χ4v) is 1.03. The van der Waals surface area contributed by atoms with Crippen molar-refractivity contribution < 1.29 is 18.9 Å². The van der Waals surface area contributed by atoms with E-state index >= 15 is 0 Å². The molecule has 4 N–H and O–H groups in total. The van der Waals surface area contributed by atoms with Gasteiger partial charge in [-0.3, -0.25) is 4.52 Å². The van der Waals surface area contributed by atoms with Gasteiger partial charge in [0, 0.05) is 6.04 Å². The number of phosphoric ester groups is 1. The van der Waals surface area contributed by atoms with Crippen LogP contribution in [0.3, 0.4) is 0 Å². The highest BCUT2D eigenvalue weighted by Crippen LogP contribution is 2.35. The average molecular weight is 183 g/mol. The topological polar surface area (TPSA) is 92.8 Å². The Bertz CT molecular complexity index is 145. The molecule has 6 heteroatoms. The first kappa shape index (κ1) is 11.1. The Kier molecular flexibility index (Phi) is 4.88. The third-order valence-corrected chi connectivity index (χ3v) is 1.60. The third-order valence-electron chi connectivity index (χ3n) is 1.12. The van der Waals surface area contributed by atoms with E-state index in [1.54, 1.807) is 0 Å². The van der Waals surface area contributed by atoms with Crippen LogP contribution in [-0.4, -0.2) is 22.4 Å². The molecule has 0 aliphatic heterocycles. The Hall–Kier alpha value is 0.0700. The summed E-state index contributed by atoms with van der Waals surface area (Å²) in [4.78, 5) is 16.5. The molecule has 0 aromatic rings. The molecule has 5 nitrogen and oxygen atoms in total. The normalized spacial score (nSPS) is 14.9. The summed E-state index contributed by atoms with van der Waals surface area (Å²) in [7, 11) is -4.32. The third kappa shape index (κ3) is 7.97. The highest BCUT2D eigenvalue weighted by Gasteiger charge is 2.15. The number of rotatable bonds is 5. The molecule has 0 heterocycles. The van der Waals surface area contributed by atoms with Crippen LogP contribution in [-0.2, 0) is 9.09 Å². The van der Waals surface area contributed by atoms with E-state index in [0.717, 1.165) is 6.42 Å². The second-order valence-electron chi connectivity index (χ2n) is 2.34. The molecule has 0 saturated heterocycles. The van der Waals surface area contributed by atoms with E-state index in [1.165, 1.54) is 0 Å². The maximum absolute atomic E-state index is 10.2. The van der Waals surface area contributed by atoms with Crippen LogP contribution in [0.1, 0.15) is 19.8 Å². The molecule has 0 fully saturated rings. The Morgan fingerprint density at radius 1 is 1.64 bits per heavy atom. The van der Waals surface area contributed by atoms with Gasteiger partial charge in [0.05, 0.1) is 6.61 Å². The molecule has 0 amide bonds. The zero-order chi connectivity index (χ0) is 8.91. The molecule has 0 saturated carbocycles. The summed E-state index contributed by atoms with van der Waals surface area (Å²) in [5.74, 6) is 0. The quantitative estimate of drug-likeness (QED) is 0.530. The zero-order valence-corrected chi connectivity index (χ0v) is 7.33. The van der Waals surface area contributed by atoms with E-state index in [9.17, 15) is 4.57 Å². The van der Waals surface area contributed by atoms with Gasteiger partial charge in [-0.05, 0) is 6.42 Å². The SMILES string of the molecule is CCCC(N)COP(=O)(O)O. The Labute approximate surface area is 65.8 Å². The molecule has 1 unspecified atom stereocenters. The molecule has 0 aromatic carbocycles. The highest BCUT2D eigenvalue weighted by atomic mass is 31.2. The summed E-state index contributed by atoms with van der Waals surface area (Å²) >= 11 is 0. The van der Waals surface area contributed by atoms with Gasteiger partial charge < -0.3 is 15.5 Å². The van der Waals surface area contributed by atoms with Gasteiger partial charge in [0.2, 0.25) is 0 Å². The van der Waals surface area contributed by atoms with Crippen LogP contribution in [0, 0.1) is 0 Å². The summed E-state index contributed by atoms with van der Waals surface area (Å²) in [6.07, 6.45) is 1.59. The molecular weight excluding hydrogens is 169 g/mol. The number of hydrogen-bond donors (Lipinski definition) is 3. The van der Waals surface area contributed by atoms with E-state index in [2.05, 4.69) is 4.52 Å². The predicted molar refractivity (Wildman–Crippen MR) is 40.9 cm³/mol. The molecule has 0 bridgehead atoms. The molecule has 0 radical (unpaired) electrons. The first-order valence-electron chi connectivity index (χ1n) is 3.41. The van der Waals surface area contributed by atoms with Crippen molar-refractivity contribution in [1.82, 2.24) is 0 Å². The highest BCUT2D eigenvalue weighted by molar-refractivity contribution is 7.46. The fraction of sp³-hybridized carbons (Fsp3) is 1.00. The van der Waals surface area contributed by atoms with E-state index in [1.807, 2.05) is 6.92 Å². The van der Waals surface area contributed by atoms with E-state index in [4.69, 9.17) is 15.5 Å². The number of hydrogen-bond acceptors (Lipinski definition) is 3. The standard InChI is InChI=1S/C5H14NO4P/c1-2-3-5(6)4-10-11(7,8)9/h5H,2-4,6H2,1H3,(H2,7,8,9). The van der Waals surface area contributed by atoms with E-state index in [0.29, 0.717) is 6.42 Å². The first-order valence-corrected chi connectivity index (χ1v) is 4.94. The van der Waals surface area contributed by atoms with Crippen molar-refractivity contribution in [3.63, 3.8) is 0 Å². The second-order valence-corrected chi connectivity index (χ2v) is 3.57. The van der Waals surface area contributed by atoms with Gasteiger partial charge in [0.25, 0.3) is 0 Å². The van der Waals surface area contributed by atoms with E-state index < -0.39 is 7.82 Å². The van der Waals surface area contributed by atoms with Crippen molar-refractivity contribution in [3.05, 3.63) is 0 Å². The van der Waals surface area contributed by atoms with Crippen molar-refractivity contribution >= 4 is 7.82 Å². The fourth-order valence-electron chi connectivity index (χ4n) is 0.647. The minimum Gasteiger partial charge on any atom is -0.326 e. The lowest BCUT2D eigenvalue weighted by Gasteiger charge is -2.10. The maximum atomic E-state index is 10.2. The predicted octanol–water partition coefficient (Wildman–Crippen LogP) is 0.223. The lowest BCUT2D eigenvalue weighted by molar-refractivity contribution is 0.183. The Morgan fingerprint density at radius 2 is 2.18 bits per heavy atom. The average Bonchev–Trinajstić information content (AvgIpc) is 1.83. The van der Waals surface area contributed by atoms with Crippen LogP contribution in [0.5, 0.6) is 0 Å². The van der Waals surface area contributed by atoms with Gasteiger partial charge in [-0.1, -0.05) is 13.3 Å². The van der Waals surface area contributed by atoms with Crippen molar-refractivity contribution in [1.29, 1.82) is 0 Å². The zero-order valence-electron chi connectivity index (χ0n) is 6.43. The van der Waals surface area contributed by atoms with Crippen LogP contribution in [0.2, 0.25) is 0 Å². The maximum Gasteiger partial charge on any atom is 0.469 e. The minimum atomic E-state index is -4.32. The van der Waals surface area contributed by atoms with Crippen molar-refractivity contribution in [2.24, 2.45) is 5.73 Å². The number of nitrogens with two attached hydrogens (primary N) is 1. The van der Waals surface area contributed by atoms with Gasteiger partial charge in [-0.2, -0.15) is 0 Å². The van der Waals surface area contributed by atoms with Crippen molar-refractivity contribution in [3.8, 4) is 0 Å². The summed E-state index contributed by atoms with van der Waals surface area (Å²) in [5, 5.41) is 0. The first-order chi connectivity index (χ1) is 4.95. The van der Waals surface area contributed by atoms with Gasteiger partial charge in [0.15, 0.2) is 0 Å². The van der Waals surface area contributed by atoms with Gasteiger partial charge in [-0.25, -0.2) is 4.57 Å². The molecule has 0 aliphatic carbocycles. The molecule has 0 spiro atoms. The molecular formula is C5H14NO4P. The number of phosphoric acid groups is 1. The van der Waals surface area contributed by atoms with E-state index in [-0.39, 0.29) is 12.6 Å². The van der Waals surface area contributed by atoms with Crippen LogP contribution in [0.4, 0.5) is 0 Å². The summed E-state index contributed by atoms with van der Waals surface area (Å²) in [6.45, 7) is 1.86. The van der Waals surface area contributed by atoms with Gasteiger partial charge in [0.1, 0.15) is 0 Å². The lowest BCUT2D eigenvalue weighted by Crippen LogP contribution is -2.25. The van der Waals surface area contributed by atoms with Crippen molar-refractivity contribution in [2.45, 2.75) is 25.8 Å². The summed E-state index contributed by atoms with van der Waals surface area (Å²) in [6, 6.07) is -0.285.